The van der Waals surface area contributed by atoms with Crippen LogP contribution < -0.4 is 10.6 Å². The lowest BCUT2D eigenvalue weighted by atomic mass is 11.1. The first-order valence-electron chi connectivity index (χ1n) is 3.13. The van der Waals surface area contributed by atoms with Crippen LogP contribution in [0.15, 0.2) is 0 Å². The van der Waals surface area contributed by atoms with Crippen molar-refractivity contribution in [2.45, 2.75) is 0 Å². The summed E-state index contributed by atoms with van der Waals surface area (Å²) in [6.07, 6.45) is 1.73. The van der Waals surface area contributed by atoms with Crippen molar-refractivity contribution in [1.82, 2.24) is 10.6 Å². The molecule has 0 aliphatic rings. The number of methoxy groups -OCH3 is 1. The van der Waals surface area contributed by atoms with E-state index in [9.17, 15) is 4.79 Å². The number of carbonyl (C=O) groups excluding carboxylic acids is 1. The molecule has 1 amide bonds. The molecule has 0 aromatic rings. The van der Waals surface area contributed by atoms with Crippen molar-refractivity contribution in [3.8, 4) is 0 Å². The van der Waals surface area contributed by atoms with Crippen molar-refractivity contribution >= 4 is 34.4 Å². The quantitative estimate of drug-likeness (QED) is 0.580. The maximum atomic E-state index is 10.0. The molecule has 12 heavy (non-hydrogen) atoms. The molecule has 0 rings (SSSR count). The molecule has 0 bridgehead atoms. The van der Waals surface area contributed by atoms with Crippen molar-refractivity contribution in [3.05, 3.63) is 0 Å². The Balaban J connectivity index is 0. The fourth-order valence-electron chi connectivity index (χ4n) is 0.204. The number of carbonyl (C=O) groups is 1. The summed E-state index contributed by atoms with van der Waals surface area (Å²) in [5, 5.41) is 5.50. The fraction of sp³-hybridized carbons (Fsp3) is 0.667. The molecule has 0 aliphatic heterocycles. The van der Waals surface area contributed by atoms with E-state index in [0.717, 1.165) is 0 Å². The van der Waals surface area contributed by atoms with Crippen molar-refractivity contribution in [2.24, 2.45) is 0 Å². The number of amides is 1. The van der Waals surface area contributed by atoms with Crippen LogP contribution in [0.5, 0.6) is 0 Å². The summed E-state index contributed by atoms with van der Waals surface area (Å²) >= 11 is 5.70. The van der Waals surface area contributed by atoms with E-state index in [1.54, 1.807) is 20.4 Å². The predicted octanol–water partition coefficient (Wildman–Crippen LogP) is 0.826. The van der Waals surface area contributed by atoms with Crippen LogP contribution in [-0.2, 0) is 4.74 Å². The maximum Gasteiger partial charge on any atom is 0.278 e. The monoisotopic (exact) mass is 210 g/mol. The minimum absolute atomic E-state index is 0.00926. The molecule has 0 atom stereocenters. The highest BCUT2D eigenvalue weighted by molar-refractivity contribution is 8.12. The van der Waals surface area contributed by atoms with E-state index in [4.69, 9.17) is 0 Å². The smallest absolute Gasteiger partial charge is 0.278 e. The Morgan fingerprint density at radius 1 is 1.42 bits per heavy atom. The average molecular weight is 210 g/mol. The van der Waals surface area contributed by atoms with Gasteiger partial charge in [0.2, 0.25) is 0 Å². The second-order valence-corrected chi connectivity index (χ2v) is 2.63. The third-order valence-electron chi connectivity index (χ3n) is 0.779. The van der Waals surface area contributed by atoms with Crippen molar-refractivity contribution < 1.29 is 9.53 Å². The Morgan fingerprint density at radius 2 is 1.92 bits per heavy atom. The highest BCUT2D eigenvalue weighted by Gasteiger charge is 1.85. The zero-order valence-electron chi connectivity index (χ0n) is 7.63. The van der Waals surface area contributed by atoms with Gasteiger partial charge in [0.25, 0.3) is 10.4 Å². The number of thiocarbonyl (C=S) groups is 1. The van der Waals surface area contributed by atoms with Crippen LogP contribution in [0.2, 0.25) is 0 Å². The lowest BCUT2D eigenvalue weighted by Crippen LogP contribution is -2.16. The number of rotatable bonds is 0. The van der Waals surface area contributed by atoms with E-state index in [0.29, 0.717) is 5.17 Å². The maximum absolute atomic E-state index is 10.0. The van der Waals surface area contributed by atoms with Crippen LogP contribution >= 0.6 is 24.0 Å². The molecule has 0 aliphatic carbocycles. The molecule has 6 heteroatoms. The minimum Gasteiger partial charge on any atom is -0.474 e. The summed E-state index contributed by atoms with van der Waals surface area (Å²) < 4.78 is 4.52. The van der Waals surface area contributed by atoms with Gasteiger partial charge in [-0.3, -0.25) is 4.79 Å². The van der Waals surface area contributed by atoms with Gasteiger partial charge in [-0.25, -0.2) is 0 Å². The molecule has 0 heterocycles. The van der Waals surface area contributed by atoms with Crippen molar-refractivity contribution in [2.75, 3.05) is 27.5 Å². The first-order chi connectivity index (χ1) is 5.62. The van der Waals surface area contributed by atoms with E-state index in [2.05, 4.69) is 27.6 Å². The molecule has 0 unspecified atom stereocenters. The second kappa shape index (κ2) is 10.5. The molecular weight excluding hydrogens is 196 g/mol. The predicted molar refractivity (Wildman–Crippen MR) is 56.6 cm³/mol. The lowest BCUT2D eigenvalue weighted by molar-refractivity contribution is 0.262. The van der Waals surface area contributed by atoms with Gasteiger partial charge in [-0.05, 0) is 18.5 Å². The molecular formula is C6H14N2O2S2. The van der Waals surface area contributed by atoms with Crippen LogP contribution in [0.4, 0.5) is 4.79 Å². The van der Waals surface area contributed by atoms with Crippen LogP contribution in [-0.4, -0.2) is 37.9 Å². The van der Waals surface area contributed by atoms with Gasteiger partial charge in [-0.1, -0.05) is 11.8 Å². The molecule has 4 nitrogen and oxygen atoms in total. The minimum atomic E-state index is 0.00926. The number of hydrogen-bond acceptors (Lipinski definition) is 4. The Kier molecular flexibility index (Phi) is 12.3. The Morgan fingerprint density at radius 3 is 1.92 bits per heavy atom. The summed E-state index contributed by atoms with van der Waals surface area (Å²) in [5.74, 6) is 0. The fourth-order valence-corrected chi connectivity index (χ4v) is 0.408. The number of hydrogen-bond donors (Lipinski definition) is 2. The Labute approximate surface area is 82.4 Å². The van der Waals surface area contributed by atoms with Gasteiger partial charge in [0.15, 0.2) is 0 Å². The van der Waals surface area contributed by atoms with Gasteiger partial charge >= 0.3 is 0 Å². The summed E-state index contributed by atoms with van der Waals surface area (Å²) in [6, 6.07) is 0. The van der Waals surface area contributed by atoms with E-state index in [-0.39, 0.29) is 5.24 Å². The lowest BCUT2D eigenvalue weighted by Gasteiger charge is -1.95. The summed E-state index contributed by atoms with van der Waals surface area (Å²) in [5.41, 5.74) is 0. The molecule has 0 spiro atoms. The van der Waals surface area contributed by atoms with Gasteiger partial charge in [-0.2, -0.15) is 0 Å². The second-order valence-electron chi connectivity index (χ2n) is 1.48. The van der Waals surface area contributed by atoms with Gasteiger partial charge < -0.3 is 15.4 Å². The first-order valence-corrected chi connectivity index (χ1v) is 4.77. The Bertz CT molecular complexity index is 114. The average Bonchev–Trinajstić information content (AvgIpc) is 2.16. The molecule has 72 valence electrons. The molecule has 0 aromatic carbocycles. The molecule has 2 N–H and O–H groups in total. The van der Waals surface area contributed by atoms with E-state index < -0.39 is 0 Å². The zero-order chi connectivity index (χ0) is 9.98. The number of nitrogens with one attached hydrogen (secondary N) is 2. The third kappa shape index (κ3) is 12.2. The molecule has 0 saturated heterocycles. The van der Waals surface area contributed by atoms with E-state index in [1.165, 1.54) is 18.9 Å². The number of ether oxygens (including phenoxy) is 1. The largest absolute Gasteiger partial charge is 0.474 e. The van der Waals surface area contributed by atoms with E-state index >= 15 is 0 Å². The van der Waals surface area contributed by atoms with Crippen molar-refractivity contribution in [1.29, 1.82) is 0 Å². The highest BCUT2D eigenvalue weighted by atomic mass is 32.2. The van der Waals surface area contributed by atoms with Crippen LogP contribution in [0, 0.1) is 0 Å². The topological polar surface area (TPSA) is 50.4 Å². The molecule has 0 saturated carbocycles. The van der Waals surface area contributed by atoms with Crippen LogP contribution in [0.3, 0.4) is 0 Å². The van der Waals surface area contributed by atoms with Crippen LogP contribution in [0.25, 0.3) is 0 Å². The van der Waals surface area contributed by atoms with Crippen LogP contribution in [0.1, 0.15) is 0 Å². The highest BCUT2D eigenvalue weighted by Crippen LogP contribution is 1.88. The first kappa shape index (κ1) is 14.1. The van der Waals surface area contributed by atoms with E-state index in [1.807, 2.05) is 0 Å². The van der Waals surface area contributed by atoms with Gasteiger partial charge in [0, 0.05) is 14.1 Å². The summed E-state index contributed by atoms with van der Waals surface area (Å²) in [7, 11) is 4.85. The molecule has 0 fully saturated rings. The normalized spacial score (nSPS) is 7.33. The van der Waals surface area contributed by atoms with Crippen molar-refractivity contribution in [3.63, 3.8) is 0 Å². The van der Waals surface area contributed by atoms with Gasteiger partial charge in [0.05, 0.1) is 7.11 Å². The number of thioether (sulfide) groups is 1. The van der Waals surface area contributed by atoms with Gasteiger partial charge in [-0.15, -0.1) is 0 Å². The summed E-state index contributed by atoms with van der Waals surface area (Å²) in [4.78, 5) is 10.0. The SMILES string of the molecule is CNC(=O)SC.CNC(=S)OC. The molecule has 0 radical (unpaired) electrons. The Hall–Kier alpha value is -0.490. The third-order valence-corrected chi connectivity index (χ3v) is 1.72. The zero-order valence-corrected chi connectivity index (χ0v) is 9.27. The molecule has 0 aromatic heterocycles. The summed E-state index contributed by atoms with van der Waals surface area (Å²) in [6.45, 7) is 0. The van der Waals surface area contributed by atoms with Gasteiger partial charge in [0.1, 0.15) is 0 Å². The standard InChI is InChI=1S/2C3H7NOS/c1-4-3(5)6-2;1-4-3(6)5-2/h1-2H3,(H,4,5);1-2H3,(H,4,6).